The number of piperidine rings is 1. The summed E-state index contributed by atoms with van der Waals surface area (Å²) in [6.45, 7) is 5.94. The van der Waals surface area contributed by atoms with Crippen molar-refractivity contribution in [1.82, 2.24) is 4.90 Å². The molecule has 1 saturated heterocycles. The van der Waals surface area contributed by atoms with Gasteiger partial charge in [0.25, 0.3) is 5.84 Å². The highest BCUT2D eigenvalue weighted by Crippen LogP contribution is 2.26. The summed E-state index contributed by atoms with van der Waals surface area (Å²) in [6.07, 6.45) is 3.63. The number of nitrogens with zero attached hydrogens (tertiary/aromatic N) is 4. The minimum absolute atomic E-state index is 0.529. The lowest BCUT2D eigenvalue weighted by atomic mass is 10.0. The molecule has 0 spiro atoms. The van der Waals surface area contributed by atoms with Gasteiger partial charge in [-0.05, 0) is 62.4 Å². The predicted octanol–water partition coefficient (Wildman–Crippen LogP) is 2.69. The first-order valence-corrected chi connectivity index (χ1v) is 8.37. The van der Waals surface area contributed by atoms with Crippen LogP contribution >= 0.6 is 0 Å². The second-order valence-electron chi connectivity index (χ2n) is 7.10. The molecule has 0 atom stereocenters. The first-order chi connectivity index (χ1) is 10.9. The molecule has 0 radical (unpaired) electrons. The number of benzene rings is 1. The van der Waals surface area contributed by atoms with Crippen molar-refractivity contribution in [2.24, 2.45) is 4.99 Å². The lowest BCUT2D eigenvalue weighted by molar-refractivity contribution is -0.514. The van der Waals surface area contributed by atoms with Crippen molar-refractivity contribution in [2.45, 2.75) is 38.6 Å². The van der Waals surface area contributed by atoms with Gasteiger partial charge in [0, 0.05) is 32.9 Å². The molecule has 5 heteroatoms. The maximum absolute atomic E-state index is 12.8. The van der Waals surface area contributed by atoms with Gasteiger partial charge in [-0.1, -0.05) is 0 Å². The van der Waals surface area contributed by atoms with Crippen LogP contribution in [0.25, 0.3) is 0 Å². The fraction of sp³-hybridized carbons (Fsp3) is 0.556. The zero-order chi connectivity index (χ0) is 16.6. The van der Waals surface area contributed by atoms with Crippen molar-refractivity contribution >= 4 is 17.4 Å². The van der Waals surface area contributed by atoms with E-state index < -0.39 is 5.54 Å². The Morgan fingerprint density at radius 2 is 1.70 bits per heavy atom. The fourth-order valence-electron chi connectivity index (χ4n) is 3.29. The van der Waals surface area contributed by atoms with Gasteiger partial charge in [0.2, 0.25) is 0 Å². The summed E-state index contributed by atoms with van der Waals surface area (Å²) in [7, 11) is 4.01. The van der Waals surface area contributed by atoms with E-state index >= 15 is 0 Å². The summed E-state index contributed by atoms with van der Waals surface area (Å²) in [6, 6.07) is 8.01. The molecule has 2 heterocycles. The maximum Gasteiger partial charge on any atom is 0.331 e. The van der Waals surface area contributed by atoms with Crippen LogP contribution in [0.2, 0.25) is 0 Å². The van der Waals surface area contributed by atoms with E-state index in [9.17, 15) is 5.21 Å². The molecule has 0 bridgehead atoms. The molecule has 0 amide bonds. The zero-order valence-electron chi connectivity index (χ0n) is 14.5. The van der Waals surface area contributed by atoms with Crippen LogP contribution < -0.4 is 4.90 Å². The number of hydrogen-bond donors (Lipinski definition) is 0. The second kappa shape index (κ2) is 5.87. The SMILES string of the molecule is CN(C)c1ccc(C2=[N+]([O-])C(C)(C)C(N3CCCCC3)=N2)cc1. The van der Waals surface area contributed by atoms with E-state index in [4.69, 9.17) is 4.99 Å². The monoisotopic (exact) mass is 314 g/mol. The van der Waals surface area contributed by atoms with E-state index in [1.807, 2.05) is 57.1 Å². The third-order valence-electron chi connectivity index (χ3n) is 4.76. The number of rotatable bonds is 2. The van der Waals surface area contributed by atoms with Crippen LogP contribution in [-0.2, 0) is 0 Å². The van der Waals surface area contributed by atoms with Crippen LogP contribution in [0.1, 0.15) is 38.7 Å². The highest BCUT2D eigenvalue weighted by Gasteiger charge is 2.45. The van der Waals surface area contributed by atoms with Gasteiger partial charge in [-0.2, -0.15) is 0 Å². The summed E-state index contributed by atoms with van der Waals surface area (Å²) in [5.41, 5.74) is 1.39. The molecular formula is C18H26N4O. The first-order valence-electron chi connectivity index (χ1n) is 8.37. The average Bonchev–Trinajstić information content (AvgIpc) is 2.79. The molecule has 1 aromatic carbocycles. The van der Waals surface area contributed by atoms with Gasteiger partial charge >= 0.3 is 5.84 Å². The lowest BCUT2D eigenvalue weighted by Crippen LogP contribution is -2.49. The van der Waals surface area contributed by atoms with Gasteiger partial charge in [0.05, 0.1) is 5.56 Å². The number of amidine groups is 2. The molecule has 0 saturated carbocycles. The van der Waals surface area contributed by atoms with Gasteiger partial charge in [0.15, 0.2) is 5.54 Å². The number of likely N-dealkylation sites (tertiary alicyclic amines) is 1. The Kier molecular flexibility index (Phi) is 4.04. The Labute approximate surface area is 138 Å². The molecule has 1 fully saturated rings. The molecule has 0 aromatic heterocycles. The number of hydrogen-bond acceptors (Lipinski definition) is 4. The molecule has 0 unspecified atom stereocenters. The Bertz CT molecular complexity index is 637. The van der Waals surface area contributed by atoms with E-state index in [1.54, 1.807) is 0 Å². The summed E-state index contributed by atoms with van der Waals surface area (Å²) in [5.74, 6) is 1.44. The summed E-state index contributed by atoms with van der Waals surface area (Å²) in [5, 5.41) is 12.8. The molecule has 2 aliphatic rings. The smallest absolute Gasteiger partial charge is 0.331 e. The third-order valence-corrected chi connectivity index (χ3v) is 4.76. The topological polar surface area (TPSA) is 44.9 Å². The molecule has 2 aliphatic heterocycles. The Hall–Kier alpha value is -2.04. The van der Waals surface area contributed by atoms with Crippen LogP contribution in [0.3, 0.4) is 0 Å². The fourth-order valence-corrected chi connectivity index (χ4v) is 3.29. The average molecular weight is 314 g/mol. The quantitative estimate of drug-likeness (QED) is 0.623. The molecule has 23 heavy (non-hydrogen) atoms. The molecule has 5 nitrogen and oxygen atoms in total. The van der Waals surface area contributed by atoms with E-state index in [2.05, 4.69) is 4.90 Å². The van der Waals surface area contributed by atoms with Crippen molar-refractivity contribution in [1.29, 1.82) is 0 Å². The van der Waals surface area contributed by atoms with Gasteiger partial charge in [-0.3, -0.25) is 0 Å². The number of aliphatic imine (C=N–C) groups is 1. The first kappa shape index (κ1) is 15.8. The van der Waals surface area contributed by atoms with Gasteiger partial charge < -0.3 is 15.0 Å². The van der Waals surface area contributed by atoms with Crippen LogP contribution in [-0.4, -0.2) is 54.0 Å². The summed E-state index contributed by atoms with van der Waals surface area (Å²) in [4.78, 5) is 9.08. The van der Waals surface area contributed by atoms with Crippen molar-refractivity contribution in [3.8, 4) is 0 Å². The largest absolute Gasteiger partial charge is 0.714 e. The second-order valence-corrected chi connectivity index (χ2v) is 7.10. The van der Waals surface area contributed by atoms with Crippen molar-refractivity contribution in [2.75, 3.05) is 32.1 Å². The highest BCUT2D eigenvalue weighted by atomic mass is 16.5. The van der Waals surface area contributed by atoms with E-state index in [1.165, 1.54) is 19.3 Å². The molecule has 3 rings (SSSR count). The number of anilines is 1. The van der Waals surface area contributed by atoms with Crippen LogP contribution in [0.4, 0.5) is 5.69 Å². The Morgan fingerprint density at radius 3 is 2.26 bits per heavy atom. The maximum atomic E-state index is 12.8. The molecule has 1 aromatic rings. The van der Waals surface area contributed by atoms with E-state index in [-0.39, 0.29) is 0 Å². The van der Waals surface area contributed by atoms with Gasteiger partial charge in [-0.15, -0.1) is 0 Å². The molecule has 0 N–H and O–H groups in total. The molecule has 124 valence electrons. The zero-order valence-corrected chi connectivity index (χ0v) is 14.5. The van der Waals surface area contributed by atoms with Crippen LogP contribution in [0.5, 0.6) is 0 Å². The summed E-state index contributed by atoms with van der Waals surface area (Å²) < 4.78 is 1.07. The Morgan fingerprint density at radius 1 is 1.09 bits per heavy atom. The van der Waals surface area contributed by atoms with Gasteiger partial charge in [0.1, 0.15) is 0 Å². The minimum atomic E-state index is -0.604. The van der Waals surface area contributed by atoms with Crippen molar-refractivity contribution in [3.63, 3.8) is 0 Å². The van der Waals surface area contributed by atoms with Crippen molar-refractivity contribution in [3.05, 3.63) is 35.0 Å². The molecular weight excluding hydrogens is 288 g/mol. The third kappa shape index (κ3) is 2.80. The highest BCUT2D eigenvalue weighted by molar-refractivity contribution is 6.09. The van der Waals surface area contributed by atoms with Gasteiger partial charge in [-0.25, -0.2) is 4.74 Å². The lowest BCUT2D eigenvalue weighted by Gasteiger charge is -2.32. The predicted molar refractivity (Wildman–Crippen MR) is 95.4 cm³/mol. The van der Waals surface area contributed by atoms with Crippen LogP contribution in [0, 0.1) is 5.21 Å². The molecule has 0 aliphatic carbocycles. The number of hydroxylamine groups is 1. The van der Waals surface area contributed by atoms with E-state index in [0.717, 1.165) is 34.9 Å². The van der Waals surface area contributed by atoms with E-state index in [0.29, 0.717) is 5.84 Å². The Balaban J connectivity index is 1.94. The van der Waals surface area contributed by atoms with Crippen LogP contribution in [0.15, 0.2) is 29.3 Å². The van der Waals surface area contributed by atoms with Crippen molar-refractivity contribution < 1.29 is 4.74 Å². The summed E-state index contributed by atoms with van der Waals surface area (Å²) >= 11 is 0. The minimum Gasteiger partial charge on any atom is -0.714 e. The normalized spacial score (nSPS) is 20.7. The standard InChI is InChI=1S/C18H26N4O/c1-18(2)17(21-12-6-5-7-13-21)19-16(22(18)23)14-8-10-15(11-9-14)20(3)4/h8-11H,5-7,12-13H2,1-4H3.